The van der Waals surface area contributed by atoms with E-state index in [1.54, 1.807) is 18.3 Å². The molecule has 0 saturated heterocycles. The van der Waals surface area contributed by atoms with E-state index >= 15 is 0 Å². The Bertz CT molecular complexity index is 611. The molecule has 1 aromatic carbocycles. The number of anilines is 2. The number of carbonyl (C=O) groups is 1. The first kappa shape index (κ1) is 12.9. The van der Waals surface area contributed by atoms with Crippen molar-refractivity contribution < 1.29 is 9.90 Å². The number of hydrogen-bond donors (Lipinski definition) is 3. The van der Waals surface area contributed by atoms with Crippen molar-refractivity contribution in [1.82, 2.24) is 4.98 Å². The van der Waals surface area contributed by atoms with Gasteiger partial charge in [0.25, 0.3) is 0 Å². The van der Waals surface area contributed by atoms with Gasteiger partial charge in [-0.25, -0.2) is 4.79 Å². The number of aromatic nitrogens is 1. The average Bonchev–Trinajstić information content (AvgIpc) is 2.37. The van der Waals surface area contributed by atoms with E-state index in [9.17, 15) is 4.79 Å². The molecule has 98 valence electrons. The fourth-order valence-corrected chi connectivity index (χ4v) is 1.78. The highest BCUT2D eigenvalue weighted by molar-refractivity contribution is 5.95. The van der Waals surface area contributed by atoms with Crippen molar-refractivity contribution >= 4 is 17.3 Å². The number of hydrogen-bond acceptors (Lipinski definition) is 4. The number of aromatic carboxylic acids is 1. The van der Waals surface area contributed by atoms with Crippen LogP contribution in [0.2, 0.25) is 0 Å². The van der Waals surface area contributed by atoms with Crippen LogP contribution >= 0.6 is 0 Å². The second-order valence-corrected chi connectivity index (χ2v) is 4.23. The maximum Gasteiger partial charge on any atom is 0.337 e. The summed E-state index contributed by atoms with van der Waals surface area (Å²) in [6.45, 7) is 2.41. The zero-order chi connectivity index (χ0) is 13.8. The molecule has 0 atom stereocenters. The van der Waals surface area contributed by atoms with Gasteiger partial charge >= 0.3 is 5.97 Å². The van der Waals surface area contributed by atoms with Gasteiger partial charge in [-0.1, -0.05) is 6.07 Å². The monoisotopic (exact) mass is 257 g/mol. The second kappa shape index (κ2) is 5.39. The lowest BCUT2D eigenvalue weighted by Crippen LogP contribution is -2.08. The fraction of sp³-hybridized carbons (Fsp3) is 0.143. The summed E-state index contributed by atoms with van der Waals surface area (Å²) >= 11 is 0. The summed E-state index contributed by atoms with van der Waals surface area (Å²) < 4.78 is 0. The molecule has 0 fully saturated rings. The molecule has 0 radical (unpaired) electrons. The van der Waals surface area contributed by atoms with Crippen LogP contribution in [0.4, 0.5) is 11.4 Å². The molecular weight excluding hydrogens is 242 g/mol. The number of nitrogens with zero attached hydrogens (tertiary/aromatic N) is 1. The van der Waals surface area contributed by atoms with Crippen molar-refractivity contribution in [3.05, 3.63) is 53.3 Å². The largest absolute Gasteiger partial charge is 0.478 e. The van der Waals surface area contributed by atoms with Crippen LogP contribution in [0.25, 0.3) is 0 Å². The van der Waals surface area contributed by atoms with Crippen LogP contribution in [0.15, 0.2) is 36.5 Å². The smallest absolute Gasteiger partial charge is 0.337 e. The van der Waals surface area contributed by atoms with Crippen molar-refractivity contribution in [3.8, 4) is 0 Å². The lowest BCUT2D eigenvalue weighted by molar-refractivity contribution is 0.0698. The molecule has 1 aromatic heterocycles. The predicted molar refractivity (Wildman–Crippen MR) is 74.1 cm³/mol. The first-order chi connectivity index (χ1) is 9.08. The van der Waals surface area contributed by atoms with Crippen molar-refractivity contribution in [2.45, 2.75) is 13.5 Å². The van der Waals surface area contributed by atoms with Gasteiger partial charge in [-0.3, -0.25) is 4.98 Å². The first-order valence-corrected chi connectivity index (χ1v) is 5.85. The summed E-state index contributed by atoms with van der Waals surface area (Å²) in [6, 6.07) is 8.50. The number of pyridine rings is 1. The Morgan fingerprint density at radius 3 is 2.89 bits per heavy atom. The van der Waals surface area contributed by atoms with Gasteiger partial charge in [0, 0.05) is 11.9 Å². The molecule has 19 heavy (non-hydrogen) atoms. The average molecular weight is 257 g/mol. The van der Waals surface area contributed by atoms with Gasteiger partial charge in [-0.15, -0.1) is 0 Å². The minimum Gasteiger partial charge on any atom is -0.478 e. The van der Waals surface area contributed by atoms with Gasteiger partial charge in [0.05, 0.1) is 23.5 Å². The molecule has 0 aliphatic rings. The number of nitrogens with one attached hydrogen (secondary N) is 1. The van der Waals surface area contributed by atoms with E-state index < -0.39 is 5.97 Å². The van der Waals surface area contributed by atoms with Crippen LogP contribution in [0.1, 0.15) is 21.6 Å². The number of rotatable bonds is 4. The van der Waals surface area contributed by atoms with Gasteiger partial charge in [0.15, 0.2) is 0 Å². The topological polar surface area (TPSA) is 88.2 Å². The normalized spacial score (nSPS) is 10.2. The molecule has 4 N–H and O–H groups in total. The highest BCUT2D eigenvalue weighted by atomic mass is 16.4. The van der Waals surface area contributed by atoms with Crippen LogP contribution in [0.3, 0.4) is 0 Å². The Kier molecular flexibility index (Phi) is 3.66. The zero-order valence-corrected chi connectivity index (χ0v) is 10.6. The lowest BCUT2D eigenvalue weighted by atomic mass is 10.1. The lowest BCUT2D eigenvalue weighted by Gasteiger charge is -2.11. The Balaban J connectivity index is 2.22. The Morgan fingerprint density at radius 1 is 1.42 bits per heavy atom. The van der Waals surface area contributed by atoms with Crippen LogP contribution in [-0.4, -0.2) is 16.1 Å². The molecule has 0 amide bonds. The summed E-state index contributed by atoms with van der Waals surface area (Å²) in [5.74, 6) is -0.986. The minimum absolute atomic E-state index is 0.197. The molecule has 1 heterocycles. The van der Waals surface area contributed by atoms with Crippen LogP contribution in [-0.2, 0) is 6.54 Å². The van der Waals surface area contributed by atoms with Crippen molar-refractivity contribution in [2.24, 2.45) is 0 Å². The molecule has 5 nitrogen and oxygen atoms in total. The van der Waals surface area contributed by atoms with E-state index in [1.807, 2.05) is 19.1 Å². The van der Waals surface area contributed by atoms with Gasteiger partial charge in [-0.2, -0.15) is 0 Å². The van der Waals surface area contributed by atoms with E-state index in [-0.39, 0.29) is 5.56 Å². The number of aryl methyl sites for hydroxylation is 1. The molecule has 0 unspecified atom stereocenters. The Hall–Kier alpha value is -2.56. The van der Waals surface area contributed by atoms with Crippen LogP contribution in [0.5, 0.6) is 0 Å². The van der Waals surface area contributed by atoms with Gasteiger partial charge in [0.2, 0.25) is 0 Å². The molecule has 5 heteroatoms. The zero-order valence-electron chi connectivity index (χ0n) is 10.6. The number of carboxylic acid groups (broad SMARTS) is 1. The van der Waals surface area contributed by atoms with Crippen LogP contribution < -0.4 is 11.1 Å². The summed E-state index contributed by atoms with van der Waals surface area (Å²) in [7, 11) is 0. The molecule has 0 bridgehead atoms. The molecule has 0 spiro atoms. The number of carboxylic acids is 1. The third-order valence-electron chi connectivity index (χ3n) is 2.84. The quantitative estimate of drug-likeness (QED) is 0.731. The van der Waals surface area contributed by atoms with Crippen molar-refractivity contribution in [1.29, 1.82) is 0 Å². The maximum absolute atomic E-state index is 11.1. The number of nitrogen functional groups attached to an aromatic ring is 1. The molecule has 0 saturated carbocycles. The first-order valence-electron chi connectivity index (χ1n) is 5.85. The summed E-state index contributed by atoms with van der Waals surface area (Å²) in [5.41, 5.74) is 8.82. The predicted octanol–water partition coefficient (Wildman–Crippen LogP) is 2.28. The van der Waals surface area contributed by atoms with E-state index in [1.165, 1.54) is 6.07 Å². The van der Waals surface area contributed by atoms with Crippen LogP contribution in [0, 0.1) is 6.92 Å². The van der Waals surface area contributed by atoms with E-state index in [0.717, 1.165) is 11.3 Å². The molecule has 2 rings (SSSR count). The number of benzene rings is 1. The van der Waals surface area contributed by atoms with E-state index in [4.69, 9.17) is 10.8 Å². The molecule has 0 aliphatic heterocycles. The summed E-state index contributed by atoms with van der Waals surface area (Å²) in [6.07, 6.45) is 1.71. The summed E-state index contributed by atoms with van der Waals surface area (Å²) in [4.78, 5) is 15.4. The van der Waals surface area contributed by atoms with Gasteiger partial charge in [-0.05, 0) is 36.8 Å². The van der Waals surface area contributed by atoms with E-state index in [2.05, 4.69) is 10.3 Å². The Morgan fingerprint density at radius 2 is 2.21 bits per heavy atom. The Labute approximate surface area is 111 Å². The second-order valence-electron chi connectivity index (χ2n) is 4.23. The third-order valence-corrected chi connectivity index (χ3v) is 2.84. The SMILES string of the molecule is Cc1cccnc1CNc1cc(N)ccc1C(=O)O. The fourth-order valence-electron chi connectivity index (χ4n) is 1.78. The minimum atomic E-state index is -0.986. The van der Waals surface area contributed by atoms with E-state index in [0.29, 0.717) is 17.9 Å². The maximum atomic E-state index is 11.1. The van der Waals surface area contributed by atoms with Gasteiger partial charge < -0.3 is 16.2 Å². The third kappa shape index (κ3) is 3.01. The van der Waals surface area contributed by atoms with Gasteiger partial charge in [0.1, 0.15) is 0 Å². The highest BCUT2D eigenvalue weighted by Gasteiger charge is 2.10. The summed E-state index contributed by atoms with van der Waals surface area (Å²) in [5, 5.41) is 12.2. The number of nitrogens with two attached hydrogens (primary N) is 1. The van der Waals surface area contributed by atoms with Crippen molar-refractivity contribution in [3.63, 3.8) is 0 Å². The van der Waals surface area contributed by atoms with Crippen molar-refractivity contribution in [2.75, 3.05) is 11.1 Å². The molecule has 2 aromatic rings. The molecular formula is C14H15N3O2. The standard InChI is InChI=1S/C14H15N3O2/c1-9-3-2-6-16-13(9)8-17-12-7-10(15)4-5-11(12)14(18)19/h2-7,17H,8,15H2,1H3,(H,18,19). The highest BCUT2D eigenvalue weighted by Crippen LogP contribution is 2.20. The molecule has 0 aliphatic carbocycles.